The molecule has 0 spiro atoms. The topological polar surface area (TPSA) is 58.2 Å². The van der Waals surface area contributed by atoms with Gasteiger partial charge in [0, 0.05) is 28.4 Å². The molecule has 120 valence electrons. The van der Waals surface area contributed by atoms with E-state index >= 15 is 0 Å². The average Bonchev–Trinajstić information content (AvgIpc) is 3.32. The van der Waals surface area contributed by atoms with Gasteiger partial charge in [0.2, 0.25) is 5.91 Å². The van der Waals surface area contributed by atoms with E-state index in [4.69, 9.17) is 6.42 Å². The molecule has 1 fully saturated rings. The van der Waals surface area contributed by atoms with E-state index in [-0.39, 0.29) is 17.7 Å². The van der Waals surface area contributed by atoms with Crippen LogP contribution in [0.25, 0.3) is 0 Å². The highest BCUT2D eigenvalue weighted by Crippen LogP contribution is 2.38. The fraction of sp³-hybridized carbons (Fsp3) is 0.200. The molecular formula is C20H18N2O2. The molecule has 2 aromatic rings. The van der Waals surface area contributed by atoms with Gasteiger partial charge in [-0.1, -0.05) is 25.0 Å². The number of hydrogen-bond acceptors (Lipinski definition) is 2. The molecule has 2 N–H and O–H groups in total. The first kappa shape index (κ1) is 15.8. The van der Waals surface area contributed by atoms with E-state index in [2.05, 4.69) is 23.5 Å². The summed E-state index contributed by atoms with van der Waals surface area (Å²) in [6, 6.07) is 14.0. The predicted molar refractivity (Wildman–Crippen MR) is 94.7 cm³/mol. The second kappa shape index (κ2) is 6.59. The number of rotatable bonds is 4. The van der Waals surface area contributed by atoms with Gasteiger partial charge in [0.25, 0.3) is 5.91 Å². The van der Waals surface area contributed by atoms with Crippen molar-refractivity contribution in [1.29, 1.82) is 0 Å². The van der Waals surface area contributed by atoms with E-state index in [9.17, 15) is 9.59 Å². The van der Waals surface area contributed by atoms with Crippen molar-refractivity contribution in [2.45, 2.75) is 13.3 Å². The standard InChI is InChI=1S/C20H18N2O2/c1-3-14-6-4-8-16(11-14)21-19(23)15-7-5-9-17(12-15)22-20(24)18-10-13(18)2/h1,4-9,11-13,18H,10H2,2H3,(H,21,23)(H,22,24). The van der Waals surface area contributed by atoms with E-state index < -0.39 is 0 Å². The molecule has 2 aromatic carbocycles. The van der Waals surface area contributed by atoms with Gasteiger partial charge >= 0.3 is 0 Å². The van der Waals surface area contributed by atoms with Gasteiger partial charge in [-0.15, -0.1) is 6.42 Å². The van der Waals surface area contributed by atoms with Crippen LogP contribution in [0.2, 0.25) is 0 Å². The van der Waals surface area contributed by atoms with Crippen LogP contribution in [0.1, 0.15) is 29.3 Å². The fourth-order valence-electron chi connectivity index (χ4n) is 2.55. The summed E-state index contributed by atoms with van der Waals surface area (Å²) in [6.07, 6.45) is 6.29. The number of terminal acetylenes is 1. The molecular weight excluding hydrogens is 300 g/mol. The van der Waals surface area contributed by atoms with Crippen LogP contribution in [0, 0.1) is 24.2 Å². The van der Waals surface area contributed by atoms with Crippen molar-refractivity contribution < 1.29 is 9.59 Å². The zero-order chi connectivity index (χ0) is 17.1. The first-order valence-electron chi connectivity index (χ1n) is 7.86. The summed E-state index contributed by atoms with van der Waals surface area (Å²) in [5.41, 5.74) is 2.44. The van der Waals surface area contributed by atoms with Crippen LogP contribution in [0.5, 0.6) is 0 Å². The summed E-state index contributed by atoms with van der Waals surface area (Å²) < 4.78 is 0. The van der Waals surface area contributed by atoms with Crippen LogP contribution in [0.4, 0.5) is 11.4 Å². The highest BCUT2D eigenvalue weighted by Gasteiger charge is 2.39. The van der Waals surface area contributed by atoms with Crippen molar-refractivity contribution in [3.8, 4) is 12.3 Å². The van der Waals surface area contributed by atoms with Crippen LogP contribution < -0.4 is 10.6 Å². The highest BCUT2D eigenvalue weighted by molar-refractivity contribution is 6.05. The lowest BCUT2D eigenvalue weighted by molar-refractivity contribution is -0.117. The first-order valence-corrected chi connectivity index (χ1v) is 7.86. The largest absolute Gasteiger partial charge is 0.326 e. The van der Waals surface area contributed by atoms with E-state index in [1.54, 1.807) is 48.5 Å². The number of nitrogens with one attached hydrogen (secondary N) is 2. The van der Waals surface area contributed by atoms with Crippen LogP contribution in [0.15, 0.2) is 48.5 Å². The molecule has 3 rings (SSSR count). The van der Waals surface area contributed by atoms with Crippen molar-refractivity contribution in [1.82, 2.24) is 0 Å². The smallest absolute Gasteiger partial charge is 0.255 e. The third kappa shape index (κ3) is 3.64. The minimum Gasteiger partial charge on any atom is -0.326 e. The molecule has 0 heterocycles. The lowest BCUT2D eigenvalue weighted by Gasteiger charge is -2.08. The highest BCUT2D eigenvalue weighted by atomic mass is 16.2. The SMILES string of the molecule is C#Cc1cccc(NC(=O)c2cccc(NC(=O)C3CC3C)c2)c1. The first-order chi connectivity index (χ1) is 11.6. The maximum absolute atomic E-state index is 12.4. The van der Waals surface area contributed by atoms with E-state index in [0.717, 1.165) is 6.42 Å². The molecule has 0 bridgehead atoms. The van der Waals surface area contributed by atoms with Gasteiger partial charge in [-0.2, -0.15) is 0 Å². The molecule has 24 heavy (non-hydrogen) atoms. The normalized spacial score (nSPS) is 18.3. The molecule has 0 aromatic heterocycles. The molecule has 1 aliphatic rings. The molecule has 2 unspecified atom stereocenters. The number of benzene rings is 2. The maximum atomic E-state index is 12.4. The minimum atomic E-state index is -0.250. The Morgan fingerprint density at radius 1 is 1.08 bits per heavy atom. The zero-order valence-corrected chi connectivity index (χ0v) is 13.4. The molecule has 0 saturated heterocycles. The van der Waals surface area contributed by atoms with Crippen molar-refractivity contribution in [3.05, 3.63) is 59.7 Å². The quantitative estimate of drug-likeness (QED) is 0.848. The molecule has 0 radical (unpaired) electrons. The van der Waals surface area contributed by atoms with Gasteiger partial charge in [-0.3, -0.25) is 9.59 Å². The summed E-state index contributed by atoms with van der Waals surface area (Å²) in [5, 5.41) is 5.67. The zero-order valence-electron chi connectivity index (χ0n) is 13.4. The molecule has 1 saturated carbocycles. The summed E-state index contributed by atoms with van der Waals surface area (Å²) in [6.45, 7) is 2.05. The summed E-state index contributed by atoms with van der Waals surface area (Å²) in [4.78, 5) is 24.4. The van der Waals surface area contributed by atoms with E-state index in [1.807, 2.05) is 0 Å². The Balaban J connectivity index is 1.69. The second-order valence-electron chi connectivity index (χ2n) is 6.07. The molecule has 1 aliphatic carbocycles. The van der Waals surface area contributed by atoms with Gasteiger partial charge in [0.15, 0.2) is 0 Å². The molecule has 4 heteroatoms. The Morgan fingerprint density at radius 2 is 1.75 bits per heavy atom. The summed E-state index contributed by atoms with van der Waals surface area (Å²) in [7, 11) is 0. The van der Waals surface area contributed by atoms with E-state index in [0.29, 0.717) is 28.4 Å². The van der Waals surface area contributed by atoms with Gasteiger partial charge in [0.1, 0.15) is 0 Å². The number of hydrogen-bond donors (Lipinski definition) is 2. The Hall–Kier alpha value is -3.06. The summed E-state index contributed by atoms with van der Waals surface area (Å²) in [5.74, 6) is 2.83. The third-order valence-electron chi connectivity index (χ3n) is 4.13. The van der Waals surface area contributed by atoms with Gasteiger partial charge in [0.05, 0.1) is 0 Å². The third-order valence-corrected chi connectivity index (χ3v) is 4.13. The molecule has 0 aliphatic heterocycles. The predicted octanol–water partition coefficient (Wildman–Crippen LogP) is 3.51. The van der Waals surface area contributed by atoms with Crippen molar-refractivity contribution in [2.75, 3.05) is 10.6 Å². The van der Waals surface area contributed by atoms with Crippen LogP contribution in [-0.4, -0.2) is 11.8 Å². The van der Waals surface area contributed by atoms with Gasteiger partial charge in [-0.05, 0) is 48.7 Å². The van der Waals surface area contributed by atoms with Crippen molar-refractivity contribution in [2.24, 2.45) is 11.8 Å². The number of anilines is 2. The minimum absolute atomic E-state index is 0.0155. The van der Waals surface area contributed by atoms with Gasteiger partial charge in [-0.25, -0.2) is 0 Å². The Kier molecular flexibility index (Phi) is 4.35. The lowest BCUT2D eigenvalue weighted by atomic mass is 10.1. The Morgan fingerprint density at radius 3 is 2.42 bits per heavy atom. The Bertz CT molecular complexity index is 836. The van der Waals surface area contributed by atoms with Crippen molar-refractivity contribution in [3.63, 3.8) is 0 Å². The van der Waals surface area contributed by atoms with Crippen LogP contribution in [0.3, 0.4) is 0 Å². The monoisotopic (exact) mass is 318 g/mol. The number of amides is 2. The van der Waals surface area contributed by atoms with Crippen molar-refractivity contribution >= 4 is 23.2 Å². The van der Waals surface area contributed by atoms with Crippen LogP contribution in [-0.2, 0) is 4.79 Å². The lowest BCUT2D eigenvalue weighted by Crippen LogP contribution is -2.16. The van der Waals surface area contributed by atoms with Gasteiger partial charge < -0.3 is 10.6 Å². The molecule has 2 amide bonds. The Labute approximate surface area is 141 Å². The second-order valence-corrected chi connectivity index (χ2v) is 6.07. The molecule has 4 nitrogen and oxygen atoms in total. The maximum Gasteiger partial charge on any atom is 0.255 e. The number of carbonyl (C=O) groups is 2. The molecule has 2 atom stereocenters. The summed E-state index contributed by atoms with van der Waals surface area (Å²) >= 11 is 0. The fourth-order valence-corrected chi connectivity index (χ4v) is 2.55. The van der Waals surface area contributed by atoms with Crippen LogP contribution >= 0.6 is 0 Å². The average molecular weight is 318 g/mol. The van der Waals surface area contributed by atoms with E-state index in [1.165, 1.54) is 0 Å². The number of carbonyl (C=O) groups excluding carboxylic acids is 2.